The van der Waals surface area contributed by atoms with Crippen molar-refractivity contribution in [2.24, 2.45) is 0 Å². The molecule has 0 bridgehead atoms. The molecule has 1 saturated heterocycles. The quantitative estimate of drug-likeness (QED) is 0.444. The first kappa shape index (κ1) is 21.4. The Balaban J connectivity index is 1.69. The topological polar surface area (TPSA) is 38.8 Å². The summed E-state index contributed by atoms with van der Waals surface area (Å²) in [7, 11) is 3.22. The molecule has 2 aromatic carbocycles. The maximum Gasteiger partial charge on any atom is 0.266 e. The fourth-order valence-electron chi connectivity index (χ4n) is 3.10. The van der Waals surface area contributed by atoms with E-state index >= 15 is 0 Å². The van der Waals surface area contributed by atoms with E-state index in [-0.39, 0.29) is 5.91 Å². The van der Waals surface area contributed by atoms with Gasteiger partial charge in [0.05, 0.1) is 19.1 Å². The summed E-state index contributed by atoms with van der Waals surface area (Å²) in [5, 5.41) is 0. The number of rotatable bonds is 7. The smallest absolute Gasteiger partial charge is 0.266 e. The van der Waals surface area contributed by atoms with E-state index in [1.807, 2.05) is 36.4 Å². The van der Waals surface area contributed by atoms with Gasteiger partial charge in [-0.2, -0.15) is 0 Å². The Labute approximate surface area is 181 Å². The lowest BCUT2D eigenvalue weighted by atomic mass is 10.0. The Hall–Kier alpha value is -2.31. The van der Waals surface area contributed by atoms with Gasteiger partial charge in [-0.15, -0.1) is 0 Å². The van der Waals surface area contributed by atoms with Crippen LogP contribution >= 0.6 is 24.0 Å². The Bertz CT molecular complexity index is 936. The van der Waals surface area contributed by atoms with Gasteiger partial charge in [0.25, 0.3) is 5.91 Å². The number of thioether (sulfide) groups is 1. The van der Waals surface area contributed by atoms with Gasteiger partial charge >= 0.3 is 0 Å². The monoisotopic (exact) mass is 427 g/mol. The molecule has 0 atom stereocenters. The molecule has 2 aromatic rings. The number of carbonyl (C=O) groups excluding carboxylic acids is 1. The predicted octanol–water partition coefficient (Wildman–Crippen LogP) is 5.27. The summed E-state index contributed by atoms with van der Waals surface area (Å²) < 4.78 is 11.2. The van der Waals surface area contributed by atoms with Crippen LogP contribution in [0.2, 0.25) is 0 Å². The lowest BCUT2D eigenvalue weighted by molar-refractivity contribution is -0.122. The first-order valence-corrected chi connectivity index (χ1v) is 10.7. The van der Waals surface area contributed by atoms with E-state index in [0.717, 1.165) is 11.1 Å². The molecule has 1 aliphatic rings. The number of carbonyl (C=O) groups is 1. The Morgan fingerprint density at radius 3 is 2.38 bits per heavy atom. The van der Waals surface area contributed by atoms with Crippen molar-refractivity contribution in [3.05, 3.63) is 64.1 Å². The third kappa shape index (κ3) is 5.00. The van der Waals surface area contributed by atoms with E-state index in [0.29, 0.717) is 39.6 Å². The van der Waals surface area contributed by atoms with Gasteiger partial charge in [-0.3, -0.25) is 9.69 Å². The molecule has 1 fully saturated rings. The van der Waals surface area contributed by atoms with Crippen LogP contribution in [-0.2, 0) is 11.2 Å². The molecule has 0 N–H and O–H groups in total. The number of thiocarbonyl (C=S) groups is 1. The van der Waals surface area contributed by atoms with Crippen molar-refractivity contribution >= 4 is 40.3 Å². The number of hydrogen-bond donors (Lipinski definition) is 0. The molecular formula is C23H25NO3S2. The summed E-state index contributed by atoms with van der Waals surface area (Å²) in [6.45, 7) is 4.86. The molecule has 0 unspecified atom stereocenters. The molecule has 1 amide bonds. The molecule has 152 valence electrons. The molecule has 0 saturated carbocycles. The number of amides is 1. The van der Waals surface area contributed by atoms with Crippen molar-refractivity contribution in [3.63, 3.8) is 0 Å². The summed E-state index contributed by atoms with van der Waals surface area (Å²) in [5.74, 6) is 1.82. The summed E-state index contributed by atoms with van der Waals surface area (Å²) in [4.78, 5) is 15.2. The highest BCUT2D eigenvalue weighted by Crippen LogP contribution is 2.33. The zero-order valence-corrected chi connectivity index (χ0v) is 18.7. The van der Waals surface area contributed by atoms with Crippen LogP contribution < -0.4 is 9.47 Å². The zero-order valence-electron chi connectivity index (χ0n) is 17.1. The Morgan fingerprint density at radius 1 is 1.07 bits per heavy atom. The predicted molar refractivity (Wildman–Crippen MR) is 124 cm³/mol. The highest BCUT2D eigenvalue weighted by atomic mass is 32.2. The fraction of sp³-hybridized carbons (Fsp3) is 0.304. The summed E-state index contributed by atoms with van der Waals surface area (Å²) >= 11 is 6.81. The normalized spacial score (nSPS) is 15.5. The Kier molecular flexibility index (Phi) is 6.98. The number of ether oxygens (including phenoxy) is 2. The van der Waals surface area contributed by atoms with Crippen molar-refractivity contribution in [1.82, 2.24) is 4.90 Å². The second-order valence-electron chi connectivity index (χ2n) is 7.09. The van der Waals surface area contributed by atoms with Crippen LogP contribution in [0.4, 0.5) is 0 Å². The van der Waals surface area contributed by atoms with Gasteiger partial charge in [0.1, 0.15) is 4.32 Å². The van der Waals surface area contributed by atoms with Crippen molar-refractivity contribution in [2.45, 2.75) is 26.2 Å². The number of nitrogens with zero attached hydrogens (tertiary/aromatic N) is 1. The number of methoxy groups -OCH3 is 2. The van der Waals surface area contributed by atoms with Crippen LogP contribution in [0.15, 0.2) is 47.4 Å². The molecular weight excluding hydrogens is 402 g/mol. The lowest BCUT2D eigenvalue weighted by Crippen LogP contribution is -2.30. The molecule has 0 spiro atoms. The molecule has 0 aliphatic carbocycles. The fourth-order valence-corrected chi connectivity index (χ4v) is 4.41. The summed E-state index contributed by atoms with van der Waals surface area (Å²) in [5.41, 5.74) is 3.35. The number of benzene rings is 2. The van der Waals surface area contributed by atoms with Crippen LogP contribution in [0.25, 0.3) is 6.08 Å². The average Bonchev–Trinajstić information content (AvgIpc) is 2.99. The van der Waals surface area contributed by atoms with Crippen LogP contribution in [0.3, 0.4) is 0 Å². The van der Waals surface area contributed by atoms with Crippen molar-refractivity contribution in [1.29, 1.82) is 0 Å². The van der Waals surface area contributed by atoms with E-state index in [2.05, 4.69) is 26.0 Å². The van der Waals surface area contributed by atoms with Crippen LogP contribution in [-0.4, -0.2) is 35.9 Å². The van der Waals surface area contributed by atoms with Crippen LogP contribution in [0.5, 0.6) is 11.5 Å². The van der Waals surface area contributed by atoms with Gasteiger partial charge in [0.2, 0.25) is 0 Å². The Morgan fingerprint density at radius 2 is 1.76 bits per heavy atom. The minimum absolute atomic E-state index is 0.0339. The van der Waals surface area contributed by atoms with Gasteiger partial charge in [0, 0.05) is 6.54 Å². The van der Waals surface area contributed by atoms with E-state index in [1.54, 1.807) is 19.1 Å². The van der Waals surface area contributed by atoms with Crippen molar-refractivity contribution in [3.8, 4) is 11.5 Å². The maximum absolute atomic E-state index is 12.8. The zero-order chi connectivity index (χ0) is 21.0. The minimum Gasteiger partial charge on any atom is -0.493 e. The van der Waals surface area contributed by atoms with E-state index in [4.69, 9.17) is 21.7 Å². The molecule has 1 aliphatic heterocycles. The molecule has 6 heteroatoms. The molecule has 3 rings (SSSR count). The molecule has 29 heavy (non-hydrogen) atoms. The van der Waals surface area contributed by atoms with Gasteiger partial charge < -0.3 is 9.47 Å². The van der Waals surface area contributed by atoms with Gasteiger partial charge in [-0.25, -0.2) is 0 Å². The SMILES string of the molecule is COc1ccc(CCN2C(=O)C(=Cc3ccc(C(C)C)cc3)SC2=S)cc1OC. The van der Waals surface area contributed by atoms with Crippen LogP contribution in [0.1, 0.15) is 36.5 Å². The van der Waals surface area contributed by atoms with E-state index in [9.17, 15) is 4.79 Å². The highest BCUT2D eigenvalue weighted by molar-refractivity contribution is 8.26. The van der Waals surface area contributed by atoms with E-state index < -0.39 is 0 Å². The van der Waals surface area contributed by atoms with E-state index in [1.165, 1.54) is 17.3 Å². The summed E-state index contributed by atoms with van der Waals surface area (Å²) in [6.07, 6.45) is 2.60. The van der Waals surface area contributed by atoms with Gasteiger partial charge in [-0.1, -0.05) is 68.2 Å². The first-order chi connectivity index (χ1) is 13.9. The third-order valence-corrected chi connectivity index (χ3v) is 6.22. The largest absolute Gasteiger partial charge is 0.493 e. The molecule has 4 nitrogen and oxygen atoms in total. The summed E-state index contributed by atoms with van der Waals surface area (Å²) in [6, 6.07) is 14.1. The standard InChI is InChI=1S/C23H25NO3S2/c1-15(2)18-8-5-16(6-9-18)14-21-22(25)24(23(28)29-21)12-11-17-7-10-19(26-3)20(13-17)27-4/h5-10,13-15H,11-12H2,1-4H3. The molecule has 0 aromatic heterocycles. The maximum atomic E-state index is 12.8. The number of hydrogen-bond acceptors (Lipinski definition) is 5. The molecule has 1 heterocycles. The minimum atomic E-state index is -0.0339. The molecule has 0 radical (unpaired) electrons. The van der Waals surface area contributed by atoms with Crippen molar-refractivity contribution < 1.29 is 14.3 Å². The average molecular weight is 428 g/mol. The van der Waals surface area contributed by atoms with Gasteiger partial charge in [0.15, 0.2) is 11.5 Å². The highest BCUT2D eigenvalue weighted by Gasteiger charge is 2.31. The van der Waals surface area contributed by atoms with Crippen molar-refractivity contribution in [2.75, 3.05) is 20.8 Å². The second kappa shape index (κ2) is 9.46. The lowest BCUT2D eigenvalue weighted by Gasteiger charge is -2.15. The first-order valence-electron chi connectivity index (χ1n) is 9.49. The van der Waals surface area contributed by atoms with Gasteiger partial charge in [-0.05, 0) is 47.2 Å². The van der Waals surface area contributed by atoms with Crippen LogP contribution in [0, 0.1) is 0 Å². The third-order valence-electron chi connectivity index (χ3n) is 4.85. The second-order valence-corrected chi connectivity index (χ2v) is 8.77.